The molecule has 0 saturated carbocycles. The van der Waals surface area contributed by atoms with Crippen LogP contribution in [0.1, 0.15) is 37.7 Å². The molecule has 1 aliphatic carbocycles. The zero-order valence-electron chi connectivity index (χ0n) is 14.6. The van der Waals surface area contributed by atoms with Gasteiger partial charge in [-0.05, 0) is 47.0 Å². The summed E-state index contributed by atoms with van der Waals surface area (Å²) in [5, 5.41) is 9.63. The normalized spacial score (nSPS) is 19.6. The Balaban J connectivity index is 2.20. The van der Waals surface area contributed by atoms with Crippen molar-refractivity contribution >= 4 is 21.7 Å². The van der Waals surface area contributed by atoms with E-state index in [1.807, 2.05) is 13.0 Å². The van der Waals surface area contributed by atoms with Crippen molar-refractivity contribution in [1.82, 2.24) is 0 Å². The first-order valence-electron chi connectivity index (χ1n) is 8.35. The van der Waals surface area contributed by atoms with E-state index < -0.39 is 5.92 Å². The first-order chi connectivity index (χ1) is 12.5. The van der Waals surface area contributed by atoms with Gasteiger partial charge in [0.05, 0.1) is 24.1 Å². The number of allylic oxidation sites excluding steroid dienone is 3. The smallest absolute Gasteiger partial charge is 0.205 e. The second-order valence-electron chi connectivity index (χ2n) is 6.01. The molecule has 2 N–H and O–H groups in total. The molecule has 0 aromatic heterocycles. The molecule has 1 aliphatic heterocycles. The Morgan fingerprint density at radius 3 is 2.85 bits per heavy atom. The molecule has 0 radical (unpaired) electrons. The molecule has 1 heterocycles. The zero-order chi connectivity index (χ0) is 18.8. The lowest BCUT2D eigenvalue weighted by atomic mass is 9.77. The highest BCUT2D eigenvalue weighted by atomic mass is 79.9. The fourth-order valence-corrected chi connectivity index (χ4v) is 3.95. The molecular weight excluding hydrogens is 400 g/mol. The van der Waals surface area contributed by atoms with E-state index in [-0.39, 0.29) is 17.2 Å². The number of benzene rings is 1. The maximum atomic E-state index is 12.6. The number of carbonyl (C=O) groups excluding carboxylic acids is 1. The topological polar surface area (TPSA) is 94.6 Å². The summed E-state index contributed by atoms with van der Waals surface area (Å²) in [5.41, 5.74) is 7.45. The van der Waals surface area contributed by atoms with Crippen molar-refractivity contribution < 1.29 is 19.0 Å². The number of nitrogens with two attached hydrogens (primary N) is 1. The number of hydrogen-bond acceptors (Lipinski definition) is 6. The van der Waals surface area contributed by atoms with Crippen molar-refractivity contribution in [3.05, 3.63) is 45.0 Å². The van der Waals surface area contributed by atoms with Crippen LogP contribution in [0.2, 0.25) is 0 Å². The number of nitrogens with zero attached hydrogens (tertiary/aromatic N) is 1. The molecule has 1 aromatic rings. The second kappa shape index (κ2) is 7.42. The van der Waals surface area contributed by atoms with E-state index in [1.165, 1.54) is 0 Å². The largest absolute Gasteiger partial charge is 0.493 e. The summed E-state index contributed by atoms with van der Waals surface area (Å²) in [6, 6.07) is 5.72. The average molecular weight is 419 g/mol. The number of halogens is 1. The van der Waals surface area contributed by atoms with Gasteiger partial charge >= 0.3 is 0 Å². The van der Waals surface area contributed by atoms with E-state index >= 15 is 0 Å². The van der Waals surface area contributed by atoms with Crippen LogP contribution in [0.3, 0.4) is 0 Å². The number of carbonyl (C=O) groups is 1. The minimum Gasteiger partial charge on any atom is -0.493 e. The van der Waals surface area contributed by atoms with Crippen molar-refractivity contribution in [3.63, 3.8) is 0 Å². The molecule has 6 nitrogen and oxygen atoms in total. The molecule has 2 aliphatic rings. The van der Waals surface area contributed by atoms with Gasteiger partial charge in [0.25, 0.3) is 0 Å². The molecule has 0 unspecified atom stereocenters. The molecule has 7 heteroatoms. The van der Waals surface area contributed by atoms with Crippen molar-refractivity contribution in [2.24, 2.45) is 5.73 Å². The van der Waals surface area contributed by atoms with E-state index in [0.717, 1.165) is 12.0 Å². The van der Waals surface area contributed by atoms with Crippen LogP contribution in [0.5, 0.6) is 11.5 Å². The number of nitriles is 1. The number of rotatable bonds is 4. The monoisotopic (exact) mass is 418 g/mol. The third-order valence-corrected chi connectivity index (χ3v) is 5.07. The summed E-state index contributed by atoms with van der Waals surface area (Å²) in [7, 11) is 1.55. The molecule has 136 valence electrons. The van der Waals surface area contributed by atoms with E-state index in [1.54, 1.807) is 13.2 Å². The van der Waals surface area contributed by atoms with Gasteiger partial charge in [-0.25, -0.2) is 0 Å². The minimum absolute atomic E-state index is 0.0134. The Morgan fingerprint density at radius 2 is 2.19 bits per heavy atom. The molecule has 1 atom stereocenters. The summed E-state index contributed by atoms with van der Waals surface area (Å²) >= 11 is 3.50. The number of Topliss-reactive ketones (excluding diaryl/α,β-unsaturated/α-hetero) is 1. The molecule has 0 amide bonds. The summed E-state index contributed by atoms with van der Waals surface area (Å²) in [5.74, 6) is 1.12. The van der Waals surface area contributed by atoms with E-state index in [0.29, 0.717) is 46.8 Å². The average Bonchev–Trinajstić information content (AvgIpc) is 2.62. The Morgan fingerprint density at radius 1 is 1.42 bits per heavy atom. The van der Waals surface area contributed by atoms with Crippen LogP contribution in [0, 0.1) is 11.3 Å². The van der Waals surface area contributed by atoms with Gasteiger partial charge in [-0.2, -0.15) is 5.26 Å². The van der Waals surface area contributed by atoms with Gasteiger partial charge in [-0.15, -0.1) is 0 Å². The highest BCUT2D eigenvalue weighted by Gasteiger charge is 2.38. The standard InChI is InChI=1S/C19H19BrN2O4/c1-3-25-18-12(20)7-10(8-15(18)24-2)16-11(9-21)19(22)26-14-6-4-5-13(23)17(14)16/h7-8,16H,3-6,22H2,1-2H3/t16-/m1/s1. The van der Waals surface area contributed by atoms with Crippen molar-refractivity contribution in [3.8, 4) is 17.6 Å². The SMILES string of the molecule is CCOc1c(Br)cc([C@@H]2C(C#N)=C(N)OC3=C2C(=O)CCC3)cc1OC. The van der Waals surface area contributed by atoms with Gasteiger partial charge in [-0.3, -0.25) is 4.79 Å². The van der Waals surface area contributed by atoms with Crippen LogP contribution in [0.25, 0.3) is 0 Å². The van der Waals surface area contributed by atoms with Gasteiger partial charge in [0.15, 0.2) is 17.3 Å². The lowest BCUT2D eigenvalue weighted by molar-refractivity contribution is -0.116. The van der Waals surface area contributed by atoms with Gasteiger partial charge in [0.2, 0.25) is 5.88 Å². The highest BCUT2D eigenvalue weighted by Crippen LogP contribution is 2.46. The van der Waals surface area contributed by atoms with Crippen LogP contribution in [0.15, 0.2) is 39.4 Å². The summed E-state index contributed by atoms with van der Waals surface area (Å²) < 4.78 is 17.4. The molecule has 0 bridgehead atoms. The number of methoxy groups -OCH3 is 1. The Hall–Kier alpha value is -2.46. The predicted octanol–water partition coefficient (Wildman–Crippen LogP) is 3.67. The predicted molar refractivity (Wildman–Crippen MR) is 98.4 cm³/mol. The molecule has 26 heavy (non-hydrogen) atoms. The summed E-state index contributed by atoms with van der Waals surface area (Å²) in [6.45, 7) is 2.36. The molecule has 0 saturated heterocycles. The quantitative estimate of drug-likeness (QED) is 0.801. The fourth-order valence-electron chi connectivity index (χ4n) is 3.38. The lowest BCUT2D eigenvalue weighted by Gasteiger charge is -2.31. The summed E-state index contributed by atoms with van der Waals surface area (Å²) in [4.78, 5) is 12.6. The van der Waals surface area contributed by atoms with Gasteiger partial charge in [0.1, 0.15) is 17.4 Å². The minimum atomic E-state index is -0.572. The van der Waals surface area contributed by atoms with E-state index in [4.69, 9.17) is 19.9 Å². The third kappa shape index (κ3) is 3.06. The Kier molecular flexibility index (Phi) is 5.23. The second-order valence-corrected chi connectivity index (χ2v) is 6.86. The van der Waals surface area contributed by atoms with E-state index in [9.17, 15) is 10.1 Å². The highest BCUT2D eigenvalue weighted by molar-refractivity contribution is 9.10. The molecular formula is C19H19BrN2O4. The Labute approximate surface area is 160 Å². The van der Waals surface area contributed by atoms with Crippen LogP contribution >= 0.6 is 15.9 Å². The summed E-state index contributed by atoms with van der Waals surface area (Å²) in [6.07, 6.45) is 1.79. The van der Waals surface area contributed by atoms with E-state index in [2.05, 4.69) is 22.0 Å². The molecule has 0 spiro atoms. The zero-order valence-corrected chi connectivity index (χ0v) is 16.2. The molecule has 1 aromatic carbocycles. The van der Waals surface area contributed by atoms with Gasteiger partial charge < -0.3 is 19.9 Å². The lowest BCUT2D eigenvalue weighted by Crippen LogP contribution is -2.27. The number of ether oxygens (including phenoxy) is 3. The first kappa shape index (κ1) is 18.3. The third-order valence-electron chi connectivity index (χ3n) is 4.48. The van der Waals surface area contributed by atoms with Crippen molar-refractivity contribution in [2.75, 3.05) is 13.7 Å². The number of hydrogen-bond donors (Lipinski definition) is 1. The van der Waals surface area contributed by atoms with Crippen LogP contribution in [0.4, 0.5) is 0 Å². The maximum Gasteiger partial charge on any atom is 0.205 e. The van der Waals surface area contributed by atoms with Crippen LogP contribution in [-0.4, -0.2) is 19.5 Å². The molecule has 0 fully saturated rings. The molecule has 3 rings (SSSR count). The van der Waals surface area contributed by atoms with Gasteiger partial charge in [0, 0.05) is 18.4 Å². The first-order valence-corrected chi connectivity index (χ1v) is 9.15. The van der Waals surface area contributed by atoms with Crippen molar-refractivity contribution in [1.29, 1.82) is 5.26 Å². The number of ketones is 1. The maximum absolute atomic E-state index is 12.6. The fraction of sp³-hybridized carbons (Fsp3) is 0.368. The van der Waals surface area contributed by atoms with Crippen molar-refractivity contribution in [2.45, 2.75) is 32.1 Å². The van der Waals surface area contributed by atoms with Gasteiger partial charge in [-0.1, -0.05) is 0 Å². The van der Waals surface area contributed by atoms with Crippen LogP contribution in [-0.2, 0) is 9.53 Å². The Bertz CT molecular complexity index is 867. The van der Waals surface area contributed by atoms with Crippen LogP contribution < -0.4 is 15.2 Å².